The Morgan fingerprint density at radius 3 is 1.17 bits per heavy atom. The number of rotatable bonds is 54. The molecular formula is C56H112NO7P. The van der Waals surface area contributed by atoms with Gasteiger partial charge in [0.1, 0.15) is 19.3 Å². The first kappa shape index (κ1) is 64.2. The van der Waals surface area contributed by atoms with Gasteiger partial charge in [0.2, 0.25) is 0 Å². The molecule has 0 rings (SSSR count). The minimum atomic E-state index is -4.53. The average Bonchev–Trinajstić information content (AvgIpc) is 3.27. The van der Waals surface area contributed by atoms with Gasteiger partial charge in [-0.15, -0.1) is 0 Å². The van der Waals surface area contributed by atoms with Gasteiger partial charge < -0.3 is 27.9 Å². The van der Waals surface area contributed by atoms with Crippen molar-refractivity contribution < 1.29 is 37.3 Å². The summed E-state index contributed by atoms with van der Waals surface area (Å²) in [6.45, 7) is 5.48. The molecule has 0 aromatic heterocycles. The first-order chi connectivity index (χ1) is 31.6. The number of esters is 1. The van der Waals surface area contributed by atoms with E-state index in [-0.39, 0.29) is 25.8 Å². The van der Waals surface area contributed by atoms with E-state index in [0.29, 0.717) is 24.1 Å². The minimum absolute atomic E-state index is 0.0293. The molecule has 0 radical (unpaired) electrons. The largest absolute Gasteiger partial charge is 0.756 e. The molecule has 0 aromatic carbocycles. The van der Waals surface area contributed by atoms with E-state index in [1.807, 2.05) is 21.1 Å². The third kappa shape index (κ3) is 54.1. The maximum Gasteiger partial charge on any atom is 0.306 e. The molecule has 8 nitrogen and oxygen atoms in total. The third-order valence-corrected chi connectivity index (χ3v) is 13.8. The lowest BCUT2D eigenvalue weighted by Gasteiger charge is -2.28. The Labute approximate surface area is 405 Å². The molecule has 9 heteroatoms. The Kier molecular flexibility index (Phi) is 49.1. The smallest absolute Gasteiger partial charge is 0.306 e. The predicted molar refractivity (Wildman–Crippen MR) is 278 cm³/mol. The van der Waals surface area contributed by atoms with E-state index < -0.39 is 13.9 Å². The highest BCUT2D eigenvalue weighted by Gasteiger charge is 2.20. The summed E-state index contributed by atoms with van der Waals surface area (Å²) >= 11 is 0. The first-order valence-corrected chi connectivity index (χ1v) is 29.9. The lowest BCUT2D eigenvalue weighted by atomic mass is 10.0. The van der Waals surface area contributed by atoms with E-state index in [9.17, 15) is 14.3 Å². The summed E-state index contributed by atoms with van der Waals surface area (Å²) in [4.78, 5) is 25.2. The average molecular weight is 942 g/mol. The molecule has 0 N–H and O–H groups in total. The molecule has 0 saturated heterocycles. The summed E-state index contributed by atoms with van der Waals surface area (Å²) in [5, 5.41) is 0. The van der Waals surface area contributed by atoms with Gasteiger partial charge >= 0.3 is 5.97 Å². The summed E-state index contributed by atoms with van der Waals surface area (Å²) in [6, 6.07) is 0. The van der Waals surface area contributed by atoms with Crippen molar-refractivity contribution in [3.63, 3.8) is 0 Å². The van der Waals surface area contributed by atoms with Crippen LogP contribution in [0.5, 0.6) is 0 Å². The number of carbonyl (C=O) groups excluding carboxylic acids is 1. The fraction of sp³-hybridized carbons (Fsp3) is 0.946. The number of carbonyl (C=O) groups is 1. The van der Waals surface area contributed by atoms with E-state index in [1.165, 1.54) is 231 Å². The van der Waals surface area contributed by atoms with Crippen molar-refractivity contribution in [1.82, 2.24) is 0 Å². The van der Waals surface area contributed by atoms with Crippen LogP contribution in [0, 0.1) is 0 Å². The van der Waals surface area contributed by atoms with Crippen molar-refractivity contribution in [1.29, 1.82) is 0 Å². The Balaban J connectivity index is 4.03. The third-order valence-electron chi connectivity index (χ3n) is 12.8. The van der Waals surface area contributed by atoms with Crippen LogP contribution in [0.15, 0.2) is 12.2 Å². The Morgan fingerprint density at radius 1 is 0.462 bits per heavy atom. The molecule has 0 heterocycles. The summed E-state index contributed by atoms with van der Waals surface area (Å²) in [5.74, 6) is -0.327. The molecule has 0 spiro atoms. The number of hydrogen-bond donors (Lipinski definition) is 0. The van der Waals surface area contributed by atoms with Crippen LogP contribution in [0.4, 0.5) is 0 Å². The van der Waals surface area contributed by atoms with Gasteiger partial charge in [-0.3, -0.25) is 9.36 Å². The second kappa shape index (κ2) is 49.7. The van der Waals surface area contributed by atoms with Gasteiger partial charge in [-0.05, 0) is 38.5 Å². The fourth-order valence-corrected chi connectivity index (χ4v) is 9.16. The van der Waals surface area contributed by atoms with Crippen molar-refractivity contribution in [2.24, 2.45) is 0 Å². The number of nitrogens with zero attached hydrogens (tertiary/aromatic N) is 1. The van der Waals surface area contributed by atoms with E-state index >= 15 is 0 Å². The zero-order chi connectivity index (χ0) is 47.6. The summed E-state index contributed by atoms with van der Waals surface area (Å²) in [6.07, 6.45) is 58.2. The molecule has 0 aliphatic rings. The fourth-order valence-electron chi connectivity index (χ4n) is 8.43. The summed E-state index contributed by atoms with van der Waals surface area (Å²) in [7, 11) is 1.37. The standard InChI is InChI=1S/C56H112NO7P/c1-6-8-10-12-14-16-18-20-22-24-26-27-28-29-30-31-33-35-37-39-41-43-45-47-49-56(58)64-55(54-63-65(59,60)62-52-50-57(3,4)5)53-61-51-48-46-44-42-40-38-36-34-32-25-23-21-19-17-15-13-11-9-7-2/h23,25,55H,6-22,24,26-54H2,1-5H3/b25-23-. The minimum Gasteiger partial charge on any atom is -0.756 e. The molecule has 2 atom stereocenters. The number of ether oxygens (including phenoxy) is 2. The number of quaternary nitrogens is 1. The van der Waals surface area contributed by atoms with Crippen molar-refractivity contribution >= 4 is 13.8 Å². The van der Waals surface area contributed by atoms with Gasteiger partial charge in [0.05, 0.1) is 34.4 Å². The number of phosphoric ester groups is 1. The van der Waals surface area contributed by atoms with Crippen molar-refractivity contribution in [3.05, 3.63) is 12.2 Å². The van der Waals surface area contributed by atoms with Crippen LogP contribution < -0.4 is 4.89 Å². The molecule has 0 aliphatic carbocycles. The number of likely N-dealkylation sites (N-methyl/N-ethyl adjacent to an activating group) is 1. The Morgan fingerprint density at radius 2 is 0.800 bits per heavy atom. The number of unbranched alkanes of at least 4 members (excludes halogenated alkanes) is 38. The molecule has 0 fully saturated rings. The predicted octanol–water partition coefficient (Wildman–Crippen LogP) is 17.1. The first-order valence-electron chi connectivity index (χ1n) is 28.4. The molecule has 0 aromatic rings. The molecular weight excluding hydrogens is 830 g/mol. The van der Waals surface area contributed by atoms with Crippen molar-refractivity contribution in [3.8, 4) is 0 Å². The SMILES string of the molecule is CCCCCCCCC/C=C\CCCCCCCCCCOCC(COP(=O)([O-])OCC[N+](C)(C)C)OC(=O)CCCCCCCCCCCCCCCCCCCCCCCCCC. The van der Waals surface area contributed by atoms with E-state index in [4.69, 9.17) is 18.5 Å². The zero-order valence-electron chi connectivity index (χ0n) is 44.2. The number of hydrogen-bond acceptors (Lipinski definition) is 7. The van der Waals surface area contributed by atoms with Crippen molar-refractivity contribution in [2.45, 2.75) is 290 Å². The Hall–Kier alpha value is -0.760. The van der Waals surface area contributed by atoms with Crippen LogP contribution in [0.2, 0.25) is 0 Å². The monoisotopic (exact) mass is 942 g/mol. The molecule has 388 valence electrons. The molecule has 65 heavy (non-hydrogen) atoms. The summed E-state index contributed by atoms with van der Waals surface area (Å²) < 4.78 is 34.8. The highest BCUT2D eigenvalue weighted by atomic mass is 31.2. The van der Waals surface area contributed by atoms with Gasteiger partial charge in [-0.1, -0.05) is 251 Å². The van der Waals surface area contributed by atoms with E-state index in [2.05, 4.69) is 26.0 Å². The van der Waals surface area contributed by atoms with Crippen LogP contribution in [-0.2, 0) is 27.9 Å². The molecule has 0 saturated carbocycles. The van der Waals surface area contributed by atoms with Crippen LogP contribution >= 0.6 is 7.82 Å². The molecule has 0 bridgehead atoms. The second-order valence-electron chi connectivity index (χ2n) is 20.7. The van der Waals surface area contributed by atoms with Crippen LogP contribution in [-0.4, -0.2) is 70.7 Å². The quantitative estimate of drug-likeness (QED) is 0.0197. The highest BCUT2D eigenvalue weighted by molar-refractivity contribution is 7.45. The van der Waals surface area contributed by atoms with Gasteiger partial charge in [-0.2, -0.15) is 0 Å². The summed E-state index contributed by atoms with van der Waals surface area (Å²) in [5.41, 5.74) is 0. The van der Waals surface area contributed by atoms with Crippen LogP contribution in [0.25, 0.3) is 0 Å². The number of allylic oxidation sites excluding steroid dienone is 2. The van der Waals surface area contributed by atoms with E-state index in [0.717, 1.165) is 32.1 Å². The topological polar surface area (TPSA) is 94.1 Å². The van der Waals surface area contributed by atoms with Gasteiger partial charge in [-0.25, -0.2) is 0 Å². The highest BCUT2D eigenvalue weighted by Crippen LogP contribution is 2.38. The van der Waals surface area contributed by atoms with E-state index in [1.54, 1.807) is 0 Å². The van der Waals surface area contributed by atoms with Gasteiger partial charge in [0.15, 0.2) is 0 Å². The number of phosphoric acid groups is 1. The zero-order valence-corrected chi connectivity index (χ0v) is 45.1. The van der Waals surface area contributed by atoms with Crippen LogP contribution in [0.1, 0.15) is 284 Å². The lowest BCUT2D eigenvalue weighted by Crippen LogP contribution is -2.37. The molecule has 0 aliphatic heterocycles. The maximum absolute atomic E-state index is 12.8. The molecule has 0 amide bonds. The maximum atomic E-state index is 12.8. The van der Waals surface area contributed by atoms with Crippen LogP contribution in [0.3, 0.4) is 0 Å². The lowest BCUT2D eigenvalue weighted by molar-refractivity contribution is -0.870. The Bertz CT molecular complexity index is 1050. The second-order valence-corrected chi connectivity index (χ2v) is 22.1. The molecule has 2 unspecified atom stereocenters. The van der Waals surface area contributed by atoms with Gasteiger partial charge in [0.25, 0.3) is 7.82 Å². The normalized spacial score (nSPS) is 13.5. The van der Waals surface area contributed by atoms with Gasteiger partial charge in [0, 0.05) is 13.0 Å². The van der Waals surface area contributed by atoms with Crippen molar-refractivity contribution in [2.75, 3.05) is 54.1 Å².